The van der Waals surface area contributed by atoms with Gasteiger partial charge in [0.05, 0.1) is 0 Å². The third-order valence-corrected chi connectivity index (χ3v) is 2.15. The van der Waals surface area contributed by atoms with Crippen LogP contribution in [0.25, 0.3) is 0 Å². The predicted octanol–water partition coefficient (Wildman–Crippen LogP) is -0.0614. The molecule has 0 aliphatic carbocycles. The standard InChI is InChI=1S/C12H15NO5/c1-8(14)11(15)17-18-12(16)10(13)7-9-5-3-2-4-6-9/h2-6,8,10,14H,7,13H2,1H3. The molecule has 0 aromatic heterocycles. The smallest absolute Gasteiger partial charge is 0.382 e. The molecule has 0 radical (unpaired) electrons. The number of hydrogen-bond acceptors (Lipinski definition) is 6. The zero-order valence-electron chi connectivity index (χ0n) is 9.91. The van der Waals surface area contributed by atoms with Gasteiger partial charge >= 0.3 is 11.9 Å². The van der Waals surface area contributed by atoms with Gasteiger partial charge in [0.25, 0.3) is 0 Å². The first kappa shape index (κ1) is 14.1. The van der Waals surface area contributed by atoms with Crippen LogP contribution in [0.2, 0.25) is 0 Å². The van der Waals surface area contributed by atoms with Crippen molar-refractivity contribution in [1.82, 2.24) is 0 Å². The lowest BCUT2D eigenvalue weighted by atomic mass is 10.1. The summed E-state index contributed by atoms with van der Waals surface area (Å²) < 4.78 is 0. The van der Waals surface area contributed by atoms with Crippen molar-refractivity contribution in [2.24, 2.45) is 5.73 Å². The fourth-order valence-corrected chi connectivity index (χ4v) is 1.16. The first-order valence-electron chi connectivity index (χ1n) is 5.40. The van der Waals surface area contributed by atoms with Crippen LogP contribution in [-0.2, 0) is 25.8 Å². The maximum absolute atomic E-state index is 11.4. The lowest BCUT2D eigenvalue weighted by Gasteiger charge is -2.10. The summed E-state index contributed by atoms with van der Waals surface area (Å²) in [7, 11) is 0. The summed E-state index contributed by atoms with van der Waals surface area (Å²) in [5, 5.41) is 8.81. The molecule has 1 rings (SSSR count). The van der Waals surface area contributed by atoms with Gasteiger partial charge in [-0.2, -0.15) is 0 Å². The minimum absolute atomic E-state index is 0.270. The van der Waals surface area contributed by atoms with E-state index in [1.165, 1.54) is 6.92 Å². The summed E-state index contributed by atoms with van der Waals surface area (Å²) in [5.74, 6) is -1.91. The van der Waals surface area contributed by atoms with E-state index in [0.29, 0.717) is 0 Å². The van der Waals surface area contributed by atoms with Crippen LogP contribution in [-0.4, -0.2) is 29.2 Å². The molecule has 6 nitrogen and oxygen atoms in total. The van der Waals surface area contributed by atoms with E-state index in [1.807, 2.05) is 30.3 Å². The third kappa shape index (κ3) is 4.52. The van der Waals surface area contributed by atoms with E-state index in [4.69, 9.17) is 10.8 Å². The largest absolute Gasteiger partial charge is 0.383 e. The topological polar surface area (TPSA) is 98.9 Å². The molecule has 2 unspecified atom stereocenters. The Balaban J connectivity index is 2.40. The summed E-state index contributed by atoms with van der Waals surface area (Å²) in [4.78, 5) is 30.5. The lowest BCUT2D eigenvalue weighted by Crippen LogP contribution is -2.35. The van der Waals surface area contributed by atoms with Crippen LogP contribution in [0.1, 0.15) is 12.5 Å². The van der Waals surface area contributed by atoms with Crippen LogP contribution in [0.15, 0.2) is 30.3 Å². The Morgan fingerprint density at radius 3 is 2.33 bits per heavy atom. The molecule has 0 bridgehead atoms. The van der Waals surface area contributed by atoms with Crippen LogP contribution >= 0.6 is 0 Å². The highest BCUT2D eigenvalue weighted by molar-refractivity contribution is 5.78. The fraction of sp³-hybridized carbons (Fsp3) is 0.333. The van der Waals surface area contributed by atoms with Crippen molar-refractivity contribution in [3.8, 4) is 0 Å². The quantitative estimate of drug-likeness (QED) is 0.576. The zero-order chi connectivity index (χ0) is 13.5. The molecule has 6 heteroatoms. The maximum atomic E-state index is 11.4. The molecule has 0 fully saturated rings. The highest BCUT2D eigenvalue weighted by Gasteiger charge is 2.20. The van der Waals surface area contributed by atoms with Crippen molar-refractivity contribution in [3.05, 3.63) is 35.9 Å². The molecule has 2 atom stereocenters. The molecular weight excluding hydrogens is 238 g/mol. The van der Waals surface area contributed by atoms with Gasteiger partial charge in [-0.1, -0.05) is 30.3 Å². The minimum Gasteiger partial charge on any atom is -0.382 e. The van der Waals surface area contributed by atoms with Crippen LogP contribution in [0.5, 0.6) is 0 Å². The number of nitrogens with two attached hydrogens (primary N) is 1. The number of aliphatic hydroxyl groups excluding tert-OH is 1. The number of aliphatic hydroxyl groups is 1. The SMILES string of the molecule is CC(O)C(=O)OOC(=O)C(N)Cc1ccccc1. The molecule has 0 saturated carbocycles. The normalized spacial score (nSPS) is 13.5. The molecule has 0 aliphatic heterocycles. The van der Waals surface area contributed by atoms with E-state index >= 15 is 0 Å². The summed E-state index contributed by atoms with van der Waals surface area (Å²) >= 11 is 0. The van der Waals surface area contributed by atoms with E-state index in [-0.39, 0.29) is 6.42 Å². The molecule has 0 spiro atoms. The average molecular weight is 253 g/mol. The number of benzene rings is 1. The summed E-state index contributed by atoms with van der Waals surface area (Å²) in [5.41, 5.74) is 6.45. The highest BCUT2D eigenvalue weighted by atomic mass is 17.2. The first-order chi connectivity index (χ1) is 8.50. The van der Waals surface area contributed by atoms with E-state index in [2.05, 4.69) is 9.78 Å². The molecule has 1 aromatic carbocycles. The van der Waals surface area contributed by atoms with Crippen LogP contribution < -0.4 is 5.73 Å². The van der Waals surface area contributed by atoms with Crippen molar-refractivity contribution in [2.45, 2.75) is 25.5 Å². The third-order valence-electron chi connectivity index (χ3n) is 2.15. The first-order valence-corrected chi connectivity index (χ1v) is 5.40. The van der Waals surface area contributed by atoms with Crippen LogP contribution in [0.4, 0.5) is 0 Å². The van der Waals surface area contributed by atoms with Crippen molar-refractivity contribution >= 4 is 11.9 Å². The minimum atomic E-state index is -1.36. The van der Waals surface area contributed by atoms with Crippen molar-refractivity contribution in [2.75, 3.05) is 0 Å². The van der Waals surface area contributed by atoms with Gasteiger partial charge in [0.1, 0.15) is 6.04 Å². The van der Waals surface area contributed by atoms with Gasteiger partial charge in [-0.05, 0) is 18.9 Å². The summed E-state index contributed by atoms with van der Waals surface area (Å²) in [6, 6.07) is 8.18. The Kier molecular flexibility index (Phi) is 5.29. The molecule has 0 heterocycles. The summed E-state index contributed by atoms with van der Waals surface area (Å²) in [6.07, 6.45) is -1.09. The Hall–Kier alpha value is -1.92. The van der Waals surface area contributed by atoms with Crippen LogP contribution in [0, 0.1) is 0 Å². The van der Waals surface area contributed by atoms with Gasteiger partial charge in [0.2, 0.25) is 0 Å². The molecule has 18 heavy (non-hydrogen) atoms. The molecule has 1 aromatic rings. The predicted molar refractivity (Wildman–Crippen MR) is 62.0 cm³/mol. The van der Waals surface area contributed by atoms with Gasteiger partial charge in [-0.15, -0.1) is 0 Å². The Bertz CT molecular complexity index is 404. The van der Waals surface area contributed by atoms with Gasteiger partial charge in [0.15, 0.2) is 6.10 Å². The van der Waals surface area contributed by atoms with Crippen molar-refractivity contribution in [1.29, 1.82) is 0 Å². The van der Waals surface area contributed by atoms with Gasteiger partial charge in [-0.25, -0.2) is 19.4 Å². The monoisotopic (exact) mass is 253 g/mol. The van der Waals surface area contributed by atoms with Gasteiger partial charge in [0, 0.05) is 0 Å². The van der Waals surface area contributed by atoms with Gasteiger partial charge in [-0.3, -0.25) is 0 Å². The Morgan fingerprint density at radius 1 is 1.22 bits per heavy atom. The molecule has 98 valence electrons. The number of rotatable bonds is 4. The van der Waals surface area contributed by atoms with Crippen molar-refractivity contribution in [3.63, 3.8) is 0 Å². The second-order valence-electron chi connectivity index (χ2n) is 3.78. The molecule has 0 aliphatic rings. The molecule has 3 N–H and O–H groups in total. The maximum Gasteiger partial charge on any atom is 0.383 e. The fourth-order valence-electron chi connectivity index (χ4n) is 1.16. The number of carbonyl (C=O) groups excluding carboxylic acids is 2. The second-order valence-corrected chi connectivity index (χ2v) is 3.78. The molecule has 0 amide bonds. The Morgan fingerprint density at radius 2 is 1.78 bits per heavy atom. The average Bonchev–Trinajstić information content (AvgIpc) is 2.36. The molecule has 0 saturated heterocycles. The van der Waals surface area contributed by atoms with Crippen LogP contribution in [0.3, 0.4) is 0 Å². The van der Waals surface area contributed by atoms with E-state index in [1.54, 1.807) is 0 Å². The van der Waals surface area contributed by atoms with E-state index < -0.39 is 24.1 Å². The Labute approximate surface area is 104 Å². The number of hydrogen-bond donors (Lipinski definition) is 2. The van der Waals surface area contributed by atoms with E-state index in [0.717, 1.165) is 5.56 Å². The second kappa shape index (κ2) is 6.73. The number of carbonyl (C=O) groups is 2. The van der Waals surface area contributed by atoms with E-state index in [9.17, 15) is 9.59 Å². The highest BCUT2D eigenvalue weighted by Crippen LogP contribution is 2.03. The summed E-state index contributed by atoms with van der Waals surface area (Å²) in [6.45, 7) is 1.19. The zero-order valence-corrected chi connectivity index (χ0v) is 9.91. The molecular formula is C12H15NO5. The van der Waals surface area contributed by atoms with Gasteiger partial charge < -0.3 is 10.8 Å². The lowest BCUT2D eigenvalue weighted by molar-refractivity contribution is -0.264. The van der Waals surface area contributed by atoms with Crippen molar-refractivity contribution < 1.29 is 24.5 Å².